The van der Waals surface area contributed by atoms with Gasteiger partial charge in [0, 0.05) is 6.07 Å². The fourth-order valence-corrected chi connectivity index (χ4v) is 1.65. The average Bonchev–Trinajstić information content (AvgIpc) is 2.49. The van der Waals surface area contributed by atoms with Crippen molar-refractivity contribution < 1.29 is 48.3 Å². The molecule has 0 saturated carbocycles. The molecule has 27 heavy (non-hydrogen) atoms. The van der Waals surface area contributed by atoms with Gasteiger partial charge in [0.25, 0.3) is 0 Å². The van der Waals surface area contributed by atoms with Crippen LogP contribution in [0.5, 0.6) is 0 Å². The normalized spacial score (nSPS) is 11.4. The van der Waals surface area contributed by atoms with E-state index in [4.69, 9.17) is 0 Å². The third kappa shape index (κ3) is 6.40. The molecule has 0 spiro atoms. The van der Waals surface area contributed by atoms with Crippen molar-refractivity contribution in [2.75, 3.05) is 0 Å². The molecular weight excluding hydrogens is 401 g/mol. The lowest BCUT2D eigenvalue weighted by Gasteiger charge is -2.12. The summed E-state index contributed by atoms with van der Waals surface area (Å²) in [4.78, 5) is 0. The van der Waals surface area contributed by atoms with E-state index in [1.807, 2.05) is 0 Å². The molecule has 0 aromatic heterocycles. The van der Waals surface area contributed by atoms with Crippen LogP contribution in [0.15, 0.2) is 24.3 Å². The summed E-state index contributed by atoms with van der Waals surface area (Å²) in [5, 5.41) is 0. The Labute approximate surface area is 146 Å². The highest BCUT2D eigenvalue weighted by Crippen LogP contribution is 2.36. The number of hydrogen-bond donors (Lipinski definition) is 0. The van der Waals surface area contributed by atoms with E-state index in [0.717, 1.165) is 0 Å². The van der Waals surface area contributed by atoms with Crippen LogP contribution in [-0.4, -0.2) is 0 Å². The maximum absolute atomic E-state index is 12.2. The first kappa shape index (κ1) is 24.7. The quantitative estimate of drug-likeness (QED) is 0.247. The van der Waals surface area contributed by atoms with Crippen LogP contribution >= 0.6 is 0 Å². The Morgan fingerprint density at radius 1 is 0.556 bits per heavy atom. The first-order chi connectivity index (χ1) is 11.6. The van der Waals surface area contributed by atoms with Gasteiger partial charge >= 0.3 is 12.4 Å². The summed E-state index contributed by atoms with van der Waals surface area (Å²) >= 11 is 0. The van der Waals surface area contributed by atoms with Gasteiger partial charge in [0.15, 0.2) is 23.3 Å². The zero-order valence-corrected chi connectivity index (χ0v) is 12.5. The molecule has 0 heterocycles. The van der Waals surface area contributed by atoms with E-state index >= 15 is 0 Å². The van der Waals surface area contributed by atoms with Gasteiger partial charge in [-0.3, -0.25) is 0 Å². The van der Waals surface area contributed by atoms with E-state index in [-0.39, 0.29) is 25.1 Å². The predicted molar refractivity (Wildman–Crippen MR) is 74.1 cm³/mol. The molecule has 0 fully saturated rings. The van der Waals surface area contributed by atoms with Crippen molar-refractivity contribution in [1.82, 2.24) is 0 Å². The largest absolute Gasteiger partial charge is 0.416 e. The van der Waals surface area contributed by atoms with Crippen LogP contribution in [0.1, 0.15) is 24.1 Å². The van der Waals surface area contributed by atoms with E-state index in [1.54, 1.807) is 0 Å². The minimum absolute atomic E-state index is 0. The van der Waals surface area contributed by atoms with Gasteiger partial charge in [-0.05, 0) is 30.7 Å². The van der Waals surface area contributed by atoms with E-state index in [0.29, 0.717) is 12.1 Å². The standard InChI is InChI=1S/C9H6F6.C6HF5.CH4/c1-5-2-6(8(10,11)12)4-7(3-5)9(13,14)15;7-2-1-3(8)5(10)6(11)4(2)9;/h2-4H,1H3;1H;1H4. The highest BCUT2D eigenvalue weighted by molar-refractivity contribution is 5.32. The minimum Gasteiger partial charge on any atom is -0.204 e. The second kappa shape index (κ2) is 8.57. The molecule has 2 aromatic rings. The zero-order chi connectivity index (χ0) is 20.4. The lowest BCUT2D eigenvalue weighted by molar-refractivity contribution is -0.143. The van der Waals surface area contributed by atoms with Gasteiger partial charge in [0.05, 0.1) is 11.1 Å². The minimum atomic E-state index is -4.76. The first-order valence-corrected chi connectivity index (χ1v) is 6.39. The fourth-order valence-electron chi connectivity index (χ4n) is 1.65. The van der Waals surface area contributed by atoms with Gasteiger partial charge in [0.2, 0.25) is 5.82 Å². The van der Waals surface area contributed by atoms with Crippen molar-refractivity contribution in [2.24, 2.45) is 0 Å². The van der Waals surface area contributed by atoms with Gasteiger partial charge in [-0.1, -0.05) is 7.43 Å². The predicted octanol–water partition coefficient (Wildman–Crippen LogP) is 7.05. The first-order valence-electron chi connectivity index (χ1n) is 6.39. The summed E-state index contributed by atoms with van der Waals surface area (Å²) in [6.45, 7) is 1.18. The van der Waals surface area contributed by atoms with Crippen LogP contribution in [0.25, 0.3) is 0 Å². The highest BCUT2D eigenvalue weighted by atomic mass is 19.4. The molecule has 2 aromatic carbocycles. The van der Waals surface area contributed by atoms with Gasteiger partial charge in [0.1, 0.15) is 0 Å². The van der Waals surface area contributed by atoms with Gasteiger partial charge in [-0.2, -0.15) is 26.3 Å². The third-order valence-corrected chi connectivity index (χ3v) is 2.79. The Morgan fingerprint density at radius 2 is 0.889 bits per heavy atom. The summed E-state index contributed by atoms with van der Waals surface area (Å²) in [7, 11) is 0. The topological polar surface area (TPSA) is 0 Å². The number of alkyl halides is 6. The molecule has 0 unspecified atom stereocenters. The molecule has 0 aliphatic rings. The zero-order valence-electron chi connectivity index (χ0n) is 12.5. The SMILES string of the molecule is C.Cc1cc(C(F)(F)F)cc(C(F)(F)F)c1.Fc1cc(F)c(F)c(F)c1F. The van der Waals surface area contributed by atoms with Crippen molar-refractivity contribution in [3.63, 3.8) is 0 Å². The third-order valence-electron chi connectivity index (χ3n) is 2.79. The fraction of sp³-hybridized carbons (Fsp3) is 0.250. The second-order valence-electron chi connectivity index (χ2n) is 4.87. The Kier molecular flexibility index (Phi) is 7.83. The second-order valence-corrected chi connectivity index (χ2v) is 4.87. The van der Waals surface area contributed by atoms with Gasteiger partial charge in [-0.15, -0.1) is 0 Å². The van der Waals surface area contributed by atoms with Crippen LogP contribution in [0, 0.1) is 36.0 Å². The number of hydrogen-bond acceptors (Lipinski definition) is 0. The summed E-state index contributed by atoms with van der Waals surface area (Å²) in [6, 6.07) is 1.39. The van der Waals surface area contributed by atoms with Crippen molar-refractivity contribution in [1.29, 1.82) is 0 Å². The van der Waals surface area contributed by atoms with Crippen molar-refractivity contribution in [2.45, 2.75) is 26.7 Å². The van der Waals surface area contributed by atoms with Crippen molar-refractivity contribution in [3.8, 4) is 0 Å². The van der Waals surface area contributed by atoms with E-state index in [1.165, 1.54) is 6.92 Å². The van der Waals surface area contributed by atoms with Crippen LogP contribution in [-0.2, 0) is 12.4 Å². The molecule has 0 nitrogen and oxygen atoms in total. The summed E-state index contributed by atoms with van der Waals surface area (Å²) in [6.07, 6.45) is -9.52. The van der Waals surface area contributed by atoms with Crippen molar-refractivity contribution in [3.05, 3.63) is 70.0 Å². The Hall–Kier alpha value is -2.33. The molecule has 0 bridgehead atoms. The maximum Gasteiger partial charge on any atom is 0.416 e. The number of rotatable bonds is 0. The molecule has 2 rings (SSSR count). The van der Waals surface area contributed by atoms with Crippen LogP contribution in [0.2, 0.25) is 0 Å². The Balaban J connectivity index is 0.000000504. The molecule has 152 valence electrons. The molecule has 0 saturated heterocycles. The van der Waals surface area contributed by atoms with Gasteiger partial charge < -0.3 is 0 Å². The van der Waals surface area contributed by atoms with E-state index in [9.17, 15) is 48.3 Å². The van der Waals surface area contributed by atoms with Crippen LogP contribution in [0.4, 0.5) is 48.3 Å². The molecule has 0 atom stereocenters. The van der Waals surface area contributed by atoms with E-state index < -0.39 is 52.6 Å². The average molecular weight is 412 g/mol. The molecule has 0 aliphatic heterocycles. The lowest BCUT2D eigenvalue weighted by Crippen LogP contribution is -2.11. The molecule has 0 amide bonds. The summed E-state index contributed by atoms with van der Waals surface area (Å²) in [5.74, 6) is -9.65. The number of halogens is 11. The smallest absolute Gasteiger partial charge is 0.204 e. The van der Waals surface area contributed by atoms with Gasteiger partial charge in [-0.25, -0.2) is 22.0 Å². The maximum atomic E-state index is 12.2. The van der Waals surface area contributed by atoms with Crippen molar-refractivity contribution >= 4 is 0 Å². The Bertz CT molecular complexity index is 730. The number of aryl methyl sites for hydroxylation is 1. The molecule has 0 N–H and O–H groups in total. The van der Waals surface area contributed by atoms with E-state index in [2.05, 4.69) is 0 Å². The van der Waals surface area contributed by atoms with Crippen LogP contribution in [0.3, 0.4) is 0 Å². The number of benzene rings is 2. The molecule has 0 aliphatic carbocycles. The molecular formula is C16H11F11. The highest BCUT2D eigenvalue weighted by Gasteiger charge is 2.36. The van der Waals surface area contributed by atoms with Crippen LogP contribution < -0.4 is 0 Å². The monoisotopic (exact) mass is 412 g/mol. The Morgan fingerprint density at radius 3 is 1.19 bits per heavy atom. The summed E-state index contributed by atoms with van der Waals surface area (Å²) < 4.78 is 133. The molecule has 11 heteroatoms. The summed E-state index contributed by atoms with van der Waals surface area (Å²) in [5.41, 5.74) is -2.64. The molecule has 0 radical (unpaired) electrons. The lowest BCUT2D eigenvalue weighted by atomic mass is 10.1.